The zero-order valence-corrected chi connectivity index (χ0v) is 75.4. The van der Waals surface area contributed by atoms with E-state index in [2.05, 4.69) is 547 Å². The van der Waals surface area contributed by atoms with E-state index in [0.717, 1.165) is 85.1 Å². The summed E-state index contributed by atoms with van der Waals surface area (Å²) in [5.41, 5.74) is 31.8. The molecule has 0 aliphatic carbocycles. The topological polar surface area (TPSA) is 43.2 Å². The first-order valence-electron chi connectivity index (χ1n) is 45.8. The van der Waals surface area contributed by atoms with Crippen LogP contribution in [0, 0.1) is 11.3 Å². The van der Waals surface area contributed by atoms with Crippen molar-refractivity contribution in [2.75, 3.05) is 50.5 Å². The average Bonchev–Trinajstić information content (AvgIpc) is 0.780. The molecule has 0 unspecified atom stereocenters. The molecule has 644 valence electrons. The summed E-state index contributed by atoms with van der Waals surface area (Å²) in [4.78, 5) is 13.7. The highest BCUT2D eigenvalue weighted by Gasteiger charge is 2.22. The molecular weight excluding hydrogens is 1640 g/mol. The summed E-state index contributed by atoms with van der Waals surface area (Å²) in [5, 5.41) is 19.1. The van der Waals surface area contributed by atoms with E-state index in [1.807, 2.05) is 43.4 Å². The van der Waals surface area contributed by atoms with Gasteiger partial charge in [-0.2, -0.15) is 5.26 Å². The lowest BCUT2D eigenvalue weighted by molar-refractivity contribution is 1.21. The average molecular weight is 1730 g/mol. The molecule has 135 heavy (non-hydrogen) atoms. The molecule has 0 aliphatic heterocycles. The smallest absolute Gasteiger partial charge is 0.0992 e. The van der Waals surface area contributed by atoms with E-state index in [1.54, 1.807) is 0 Å². The van der Waals surface area contributed by atoms with E-state index in [9.17, 15) is 5.26 Å². The highest BCUT2D eigenvalue weighted by atomic mass is 15.2. The highest BCUT2D eigenvalue weighted by Crippen LogP contribution is 2.47. The molecule has 0 amide bonds. The Morgan fingerprint density at radius 2 is 0.356 bits per heavy atom. The quantitative estimate of drug-likeness (QED) is 0.0710. The van der Waals surface area contributed by atoms with Crippen molar-refractivity contribution in [3.63, 3.8) is 0 Å². The minimum absolute atomic E-state index is 0.653. The predicted octanol–water partition coefficient (Wildman–Crippen LogP) is 35.3. The van der Waals surface area contributed by atoms with Crippen LogP contribution in [0.15, 0.2) is 534 Å². The van der Waals surface area contributed by atoms with Crippen molar-refractivity contribution >= 4 is 128 Å². The van der Waals surface area contributed by atoms with Gasteiger partial charge in [0.05, 0.1) is 28.7 Å². The Bertz CT molecular complexity index is 7850. The van der Waals surface area contributed by atoms with Crippen LogP contribution in [0.2, 0.25) is 0 Å². The Hall–Kier alpha value is -17.8. The summed E-state index contributed by atoms with van der Waals surface area (Å²) < 4.78 is 0. The number of nitriles is 1. The Balaban J connectivity index is 0.000000126. The molecule has 7 heteroatoms. The van der Waals surface area contributed by atoms with Gasteiger partial charge in [-0.1, -0.05) is 370 Å². The van der Waals surface area contributed by atoms with Crippen molar-refractivity contribution in [1.29, 1.82) is 5.26 Å². The lowest BCUT2D eigenvalue weighted by Crippen LogP contribution is -2.10. The van der Waals surface area contributed by atoms with Gasteiger partial charge in [-0.15, -0.1) is 0 Å². The van der Waals surface area contributed by atoms with Crippen LogP contribution >= 0.6 is 0 Å². The van der Waals surface area contributed by atoms with Crippen LogP contribution in [0.25, 0.3) is 110 Å². The first-order chi connectivity index (χ1) is 66.6. The van der Waals surface area contributed by atoms with Crippen molar-refractivity contribution in [2.45, 2.75) is 0 Å². The number of benzene rings is 22. The van der Waals surface area contributed by atoms with Gasteiger partial charge >= 0.3 is 0 Å². The lowest BCUT2D eigenvalue weighted by atomic mass is 10.0. The molecule has 0 heterocycles. The highest BCUT2D eigenvalue weighted by molar-refractivity contribution is 6.03. The molecular formula is C128H97N7. The van der Waals surface area contributed by atoms with E-state index < -0.39 is 0 Å². The molecule has 0 spiro atoms. The molecule has 22 aromatic carbocycles. The van der Waals surface area contributed by atoms with Crippen LogP contribution in [0.3, 0.4) is 0 Å². The van der Waals surface area contributed by atoms with E-state index >= 15 is 0 Å². The van der Waals surface area contributed by atoms with Crippen molar-refractivity contribution in [2.24, 2.45) is 0 Å². The van der Waals surface area contributed by atoms with Crippen LogP contribution in [-0.4, -0.2) is 21.1 Å². The molecule has 0 aromatic heterocycles. The molecule has 0 radical (unpaired) electrons. The normalized spacial score (nSPS) is 10.9. The predicted molar refractivity (Wildman–Crippen MR) is 574 cm³/mol. The standard InChI is InChI=1S/C45H34N2.C42H31N3.C41H32N2/c1-46(44-22-10-16-36-14-5-7-20-42(36)44)39-28-24-34(25-29-39)35-26-30-40(31-27-35)47(45-23-11-17-37-15-6-8-21-43(37)45)41-19-9-18-38(32-41)33-12-3-2-4-13-33;1-44(40-14-7-9-31(29-40)30-43)37-23-17-34(18-24-37)35-21-27-39(28-22-35)45(42-16-8-13-36-12-5-6-15-41(36)42)38-25-19-33(20-26-38)32-10-3-2-4-11-32;1-42(36-17-6-3-7-18-36)37-26-22-32(23-27-37)33-24-28-38(29-25-33)43(41-21-11-15-34-14-8-9-20-40(34)41)39-19-10-16-35(30-39)31-12-4-2-5-13-31/h2-32H,1H3;2-29H,1H3;2-30H,1H3. The first kappa shape index (κ1) is 85.3. The van der Waals surface area contributed by atoms with Crippen molar-refractivity contribution in [3.8, 4) is 72.8 Å². The Morgan fingerprint density at radius 3 is 0.689 bits per heavy atom. The fourth-order valence-electron chi connectivity index (χ4n) is 18.3. The molecule has 0 atom stereocenters. The maximum absolute atomic E-state index is 9.29. The maximum Gasteiger partial charge on any atom is 0.0992 e. The van der Waals surface area contributed by atoms with Gasteiger partial charge in [0.2, 0.25) is 0 Å². The van der Waals surface area contributed by atoms with Crippen molar-refractivity contribution in [1.82, 2.24) is 0 Å². The fourth-order valence-corrected chi connectivity index (χ4v) is 18.3. The van der Waals surface area contributed by atoms with E-state index in [0.29, 0.717) is 5.56 Å². The molecule has 0 fully saturated rings. The molecule has 0 saturated heterocycles. The van der Waals surface area contributed by atoms with Crippen LogP contribution in [-0.2, 0) is 0 Å². The molecule has 22 aromatic rings. The van der Waals surface area contributed by atoms with E-state index in [1.165, 1.54) is 110 Å². The van der Waals surface area contributed by atoms with Gasteiger partial charge in [0.1, 0.15) is 0 Å². The number of hydrogen-bond acceptors (Lipinski definition) is 7. The van der Waals surface area contributed by atoms with Gasteiger partial charge in [-0.25, -0.2) is 0 Å². The molecule has 0 N–H and O–H groups in total. The third-order valence-electron chi connectivity index (χ3n) is 25.5. The monoisotopic (exact) mass is 1730 g/mol. The Kier molecular flexibility index (Phi) is 25.0. The summed E-state index contributed by atoms with van der Waals surface area (Å²) in [5.74, 6) is 0. The second-order valence-electron chi connectivity index (χ2n) is 33.7. The van der Waals surface area contributed by atoms with Crippen molar-refractivity contribution < 1.29 is 0 Å². The fraction of sp³-hybridized carbons (Fsp3) is 0.0234. The zero-order chi connectivity index (χ0) is 91.2. The summed E-state index contributed by atoms with van der Waals surface area (Å²) in [6.45, 7) is 0. The largest absolute Gasteiger partial charge is 0.345 e. The van der Waals surface area contributed by atoms with E-state index in [4.69, 9.17) is 0 Å². The molecule has 0 saturated carbocycles. The van der Waals surface area contributed by atoms with Gasteiger partial charge in [0.15, 0.2) is 0 Å². The van der Waals surface area contributed by atoms with Gasteiger partial charge in [-0.3, -0.25) is 0 Å². The zero-order valence-electron chi connectivity index (χ0n) is 75.4. The van der Waals surface area contributed by atoms with Crippen LogP contribution in [0.5, 0.6) is 0 Å². The Morgan fingerprint density at radius 1 is 0.148 bits per heavy atom. The Labute approximate surface area is 791 Å². The summed E-state index contributed by atoms with van der Waals surface area (Å²) in [6.07, 6.45) is 0. The maximum atomic E-state index is 9.29. The van der Waals surface area contributed by atoms with Gasteiger partial charge in [-0.05, 0) is 252 Å². The van der Waals surface area contributed by atoms with E-state index in [-0.39, 0.29) is 0 Å². The lowest BCUT2D eigenvalue weighted by Gasteiger charge is -2.27. The summed E-state index contributed by atoms with van der Waals surface area (Å²) in [7, 11) is 6.27. The summed E-state index contributed by atoms with van der Waals surface area (Å²) >= 11 is 0. The number of rotatable bonds is 21. The molecule has 0 bridgehead atoms. The third-order valence-corrected chi connectivity index (χ3v) is 25.5. The molecule has 7 nitrogen and oxygen atoms in total. The molecule has 22 rings (SSSR count). The second-order valence-corrected chi connectivity index (χ2v) is 33.7. The SMILES string of the molecule is CN(c1ccc(-c2ccc(N(c3ccc(-c4ccccc4)cc3)c3cccc4ccccc34)cc2)cc1)c1cccc(C#N)c1.CN(c1ccc(-c2ccc(N(c3cccc(-c4ccccc4)c3)c3cccc4ccccc34)cc2)cc1)c1cccc2ccccc12.CN(c1ccccc1)c1ccc(-c2ccc(N(c3cccc(-c4ccccc4)c3)c3cccc4ccccc34)cc2)cc1. The van der Waals surface area contributed by atoms with Gasteiger partial charge in [0, 0.05) is 111 Å². The number of anilines is 15. The van der Waals surface area contributed by atoms with Crippen molar-refractivity contribution in [3.05, 3.63) is 539 Å². The third kappa shape index (κ3) is 18.8. The number of hydrogen-bond donors (Lipinski definition) is 0. The number of para-hydroxylation sites is 1. The number of nitrogens with zero attached hydrogens (tertiary/aromatic N) is 7. The van der Waals surface area contributed by atoms with Crippen LogP contribution < -0.4 is 29.4 Å². The minimum Gasteiger partial charge on any atom is -0.345 e. The minimum atomic E-state index is 0.653. The van der Waals surface area contributed by atoms with Crippen LogP contribution in [0.4, 0.5) is 85.3 Å². The second kappa shape index (κ2) is 39.6. The van der Waals surface area contributed by atoms with Crippen LogP contribution in [0.1, 0.15) is 5.56 Å². The summed E-state index contributed by atoms with van der Waals surface area (Å²) in [6, 6.07) is 192. The molecule has 0 aliphatic rings. The first-order valence-corrected chi connectivity index (χ1v) is 45.8. The van der Waals surface area contributed by atoms with Gasteiger partial charge in [0.25, 0.3) is 0 Å². The number of fused-ring (bicyclic) bond motifs is 4. The van der Waals surface area contributed by atoms with Gasteiger partial charge < -0.3 is 29.4 Å².